The van der Waals surface area contributed by atoms with Gasteiger partial charge in [0.25, 0.3) is 0 Å². The van der Waals surface area contributed by atoms with Gasteiger partial charge < -0.3 is 14.9 Å². The summed E-state index contributed by atoms with van der Waals surface area (Å²) in [5.41, 5.74) is -1.60. The van der Waals surface area contributed by atoms with Crippen LogP contribution in [0.4, 0.5) is 0 Å². The highest BCUT2D eigenvalue weighted by Gasteiger charge is 2.65. The van der Waals surface area contributed by atoms with Crippen LogP contribution < -0.4 is 0 Å². The van der Waals surface area contributed by atoms with E-state index in [0.29, 0.717) is 6.61 Å². The summed E-state index contributed by atoms with van der Waals surface area (Å²) in [7, 11) is 0. The molecule has 5 atom stereocenters. The molecule has 14 heavy (non-hydrogen) atoms. The summed E-state index contributed by atoms with van der Waals surface area (Å²) in [5, 5.41) is 20.7. The van der Waals surface area contributed by atoms with E-state index in [2.05, 4.69) is 0 Å². The molecule has 2 rings (SSSR count). The number of hydrogen-bond acceptors (Lipinski definition) is 3. The van der Waals surface area contributed by atoms with Gasteiger partial charge in [-0.25, -0.2) is 0 Å². The fourth-order valence-corrected chi connectivity index (χ4v) is 3.23. The van der Waals surface area contributed by atoms with Crippen molar-refractivity contribution in [1.29, 1.82) is 0 Å². The van der Waals surface area contributed by atoms with Gasteiger partial charge in [0.05, 0.1) is 11.7 Å². The van der Waals surface area contributed by atoms with E-state index in [1.807, 2.05) is 20.8 Å². The van der Waals surface area contributed by atoms with Gasteiger partial charge in [-0.2, -0.15) is 0 Å². The molecule has 0 aromatic rings. The second-order valence-corrected chi connectivity index (χ2v) is 5.08. The maximum atomic E-state index is 10.6. The second kappa shape index (κ2) is 2.94. The van der Waals surface area contributed by atoms with E-state index in [4.69, 9.17) is 4.74 Å². The van der Waals surface area contributed by atoms with E-state index >= 15 is 0 Å². The first kappa shape index (κ1) is 10.4. The first-order chi connectivity index (χ1) is 6.43. The first-order valence-corrected chi connectivity index (χ1v) is 5.48. The third kappa shape index (κ3) is 0.980. The number of ether oxygens (including phenoxy) is 1. The molecule has 0 amide bonds. The molecule has 1 saturated heterocycles. The van der Waals surface area contributed by atoms with Gasteiger partial charge in [-0.3, -0.25) is 0 Å². The summed E-state index contributed by atoms with van der Waals surface area (Å²) in [5.74, 6) is 0.200. The molecule has 3 heteroatoms. The van der Waals surface area contributed by atoms with Crippen molar-refractivity contribution >= 4 is 0 Å². The molecule has 0 aromatic carbocycles. The lowest BCUT2D eigenvalue weighted by atomic mass is 9.76. The van der Waals surface area contributed by atoms with Crippen LogP contribution in [-0.2, 0) is 4.74 Å². The van der Waals surface area contributed by atoms with E-state index in [1.165, 1.54) is 0 Å². The van der Waals surface area contributed by atoms with Crippen LogP contribution in [0.15, 0.2) is 0 Å². The third-order valence-corrected chi connectivity index (χ3v) is 4.57. The van der Waals surface area contributed by atoms with E-state index in [9.17, 15) is 10.2 Å². The predicted molar refractivity (Wildman–Crippen MR) is 52.9 cm³/mol. The van der Waals surface area contributed by atoms with Crippen molar-refractivity contribution in [3.05, 3.63) is 0 Å². The molecule has 0 bridgehead atoms. The van der Waals surface area contributed by atoms with Crippen molar-refractivity contribution in [2.45, 2.75) is 50.9 Å². The normalized spacial score (nSPS) is 58.5. The molecule has 1 aliphatic heterocycles. The first-order valence-electron chi connectivity index (χ1n) is 5.48. The molecular weight excluding hydrogens is 180 g/mol. The molecule has 1 heterocycles. The van der Waals surface area contributed by atoms with Crippen LogP contribution >= 0.6 is 0 Å². The second-order valence-electron chi connectivity index (χ2n) is 5.08. The number of aliphatic hydroxyl groups is 2. The van der Waals surface area contributed by atoms with Gasteiger partial charge in [-0.05, 0) is 31.6 Å². The zero-order valence-electron chi connectivity index (χ0n) is 9.16. The predicted octanol–water partition coefficient (Wildman–Crippen LogP) is 0.933. The van der Waals surface area contributed by atoms with Crippen molar-refractivity contribution in [3.63, 3.8) is 0 Å². The lowest BCUT2D eigenvalue weighted by Crippen LogP contribution is -2.59. The zero-order valence-corrected chi connectivity index (χ0v) is 9.16. The minimum atomic E-state index is -0.843. The number of rotatable bonds is 0. The smallest absolute Gasteiger partial charge is 0.120 e. The highest BCUT2D eigenvalue weighted by Crippen LogP contribution is 2.53. The zero-order chi connectivity index (χ0) is 10.6. The molecule has 2 fully saturated rings. The Hall–Kier alpha value is -0.120. The highest BCUT2D eigenvalue weighted by molar-refractivity contribution is 5.15. The van der Waals surface area contributed by atoms with Crippen molar-refractivity contribution in [1.82, 2.24) is 0 Å². The molecular formula is C11H20O3. The Morgan fingerprint density at radius 1 is 1.36 bits per heavy atom. The number of aliphatic hydroxyl groups excluding tert-OH is 1. The Morgan fingerprint density at radius 2 is 2.00 bits per heavy atom. The van der Waals surface area contributed by atoms with E-state index in [1.54, 1.807) is 0 Å². The van der Waals surface area contributed by atoms with Gasteiger partial charge in [-0.1, -0.05) is 13.8 Å². The van der Waals surface area contributed by atoms with Crippen molar-refractivity contribution < 1.29 is 14.9 Å². The molecule has 1 aliphatic carbocycles. The Morgan fingerprint density at radius 3 is 2.57 bits per heavy atom. The summed E-state index contributed by atoms with van der Waals surface area (Å²) in [6.45, 7) is 6.49. The third-order valence-electron chi connectivity index (χ3n) is 4.57. The van der Waals surface area contributed by atoms with Crippen LogP contribution in [0.5, 0.6) is 0 Å². The van der Waals surface area contributed by atoms with Gasteiger partial charge in [0.1, 0.15) is 5.60 Å². The molecule has 0 spiro atoms. The van der Waals surface area contributed by atoms with Crippen LogP contribution in [0.3, 0.4) is 0 Å². The van der Waals surface area contributed by atoms with Crippen LogP contribution in [0.25, 0.3) is 0 Å². The molecule has 3 nitrogen and oxygen atoms in total. The standard InChI is InChI=1S/C11H20O3/c1-7-8(2)11(13)5-4-6-14-10(11,3)9(7)12/h7-9,12-13H,4-6H2,1-3H3/t7-,8+,9-,10-,11-/m0/s1. The average Bonchev–Trinajstić information content (AvgIpc) is 2.30. The highest BCUT2D eigenvalue weighted by atomic mass is 16.5. The Labute approximate surface area is 85.1 Å². The van der Waals surface area contributed by atoms with E-state index in [0.717, 1.165) is 12.8 Å². The van der Waals surface area contributed by atoms with Crippen LogP contribution in [0, 0.1) is 11.8 Å². The van der Waals surface area contributed by atoms with E-state index < -0.39 is 17.3 Å². The summed E-state index contributed by atoms with van der Waals surface area (Å²) in [6, 6.07) is 0. The fourth-order valence-electron chi connectivity index (χ4n) is 3.23. The Kier molecular flexibility index (Phi) is 2.18. The Balaban J connectivity index is 2.40. The van der Waals surface area contributed by atoms with Crippen LogP contribution in [0.1, 0.15) is 33.6 Å². The molecule has 0 aromatic heterocycles. The van der Waals surface area contributed by atoms with Gasteiger partial charge in [0.15, 0.2) is 0 Å². The number of hydrogen-bond donors (Lipinski definition) is 2. The largest absolute Gasteiger partial charge is 0.390 e. The molecule has 2 N–H and O–H groups in total. The average molecular weight is 200 g/mol. The number of fused-ring (bicyclic) bond motifs is 1. The maximum absolute atomic E-state index is 10.6. The maximum Gasteiger partial charge on any atom is 0.120 e. The molecule has 1 saturated carbocycles. The lowest BCUT2D eigenvalue weighted by molar-refractivity contribution is -0.226. The van der Waals surface area contributed by atoms with E-state index in [-0.39, 0.29) is 11.8 Å². The summed E-state index contributed by atoms with van der Waals surface area (Å²) in [6.07, 6.45) is 1.07. The molecule has 2 aliphatic rings. The quantitative estimate of drug-likeness (QED) is 0.611. The summed E-state index contributed by atoms with van der Waals surface area (Å²) in [4.78, 5) is 0. The minimum absolute atomic E-state index is 0.0998. The van der Waals surface area contributed by atoms with Crippen LogP contribution in [-0.4, -0.2) is 34.1 Å². The monoisotopic (exact) mass is 200 g/mol. The Bertz CT molecular complexity index is 219. The van der Waals surface area contributed by atoms with Crippen molar-refractivity contribution in [2.24, 2.45) is 11.8 Å². The molecule has 0 radical (unpaired) electrons. The molecule has 0 unspecified atom stereocenters. The van der Waals surface area contributed by atoms with Crippen molar-refractivity contribution in [2.75, 3.05) is 6.61 Å². The van der Waals surface area contributed by atoms with Crippen molar-refractivity contribution in [3.8, 4) is 0 Å². The lowest BCUT2D eigenvalue weighted by Gasteiger charge is -2.46. The van der Waals surface area contributed by atoms with Gasteiger partial charge >= 0.3 is 0 Å². The van der Waals surface area contributed by atoms with Crippen LogP contribution in [0.2, 0.25) is 0 Å². The van der Waals surface area contributed by atoms with Gasteiger partial charge in [0.2, 0.25) is 0 Å². The summed E-state index contributed by atoms with van der Waals surface area (Å²) < 4.78 is 5.65. The topological polar surface area (TPSA) is 49.7 Å². The summed E-state index contributed by atoms with van der Waals surface area (Å²) >= 11 is 0. The van der Waals surface area contributed by atoms with Gasteiger partial charge in [-0.15, -0.1) is 0 Å². The molecule has 82 valence electrons. The fraction of sp³-hybridized carbons (Fsp3) is 1.00. The van der Waals surface area contributed by atoms with Gasteiger partial charge in [0, 0.05) is 6.61 Å². The minimum Gasteiger partial charge on any atom is -0.390 e. The SMILES string of the molecule is C[C@H]1[C@@H](C)[C@@]2(O)CCCO[C@@]2(C)[C@H]1O.